The highest BCUT2D eigenvalue weighted by Crippen LogP contribution is 2.27. The van der Waals surface area contributed by atoms with Crippen molar-refractivity contribution in [3.05, 3.63) is 51.3 Å². The summed E-state index contributed by atoms with van der Waals surface area (Å²) in [7, 11) is 0. The highest BCUT2D eigenvalue weighted by molar-refractivity contribution is 9.10. The predicted molar refractivity (Wildman–Crippen MR) is 73.1 cm³/mol. The summed E-state index contributed by atoms with van der Waals surface area (Å²) in [4.78, 5) is 10.9. The predicted octanol–water partition coefficient (Wildman–Crippen LogP) is 3.98. The van der Waals surface area contributed by atoms with Gasteiger partial charge in [0, 0.05) is 21.4 Å². The number of carbonyl (C=O) groups is 1. The number of rotatable bonds is 2. The lowest BCUT2D eigenvalue weighted by Crippen LogP contribution is -2.00. The Morgan fingerprint density at radius 1 is 1.18 bits per heavy atom. The van der Waals surface area contributed by atoms with Crippen LogP contribution in [0.1, 0.15) is 27.3 Å². The van der Waals surface area contributed by atoms with Crippen LogP contribution in [0.2, 0.25) is 0 Å². The van der Waals surface area contributed by atoms with Gasteiger partial charge < -0.3 is 4.57 Å². The molecule has 0 fully saturated rings. The standard InChI is InChI=1S/C14H14BrNO/c1-9-4-5-14(13(15)6-9)16-10(2)7-12(8-17)11(16)3/h4-8H,1-3H3. The molecule has 2 nitrogen and oxygen atoms in total. The molecular weight excluding hydrogens is 278 g/mol. The Morgan fingerprint density at radius 2 is 1.88 bits per heavy atom. The van der Waals surface area contributed by atoms with E-state index < -0.39 is 0 Å². The van der Waals surface area contributed by atoms with E-state index in [0.29, 0.717) is 0 Å². The molecule has 1 heterocycles. The van der Waals surface area contributed by atoms with Gasteiger partial charge in [-0.2, -0.15) is 0 Å². The van der Waals surface area contributed by atoms with Crippen LogP contribution in [0.25, 0.3) is 5.69 Å². The minimum atomic E-state index is 0.745. The van der Waals surface area contributed by atoms with E-state index >= 15 is 0 Å². The van der Waals surface area contributed by atoms with Crippen molar-refractivity contribution in [2.24, 2.45) is 0 Å². The van der Waals surface area contributed by atoms with Crippen LogP contribution in [0.3, 0.4) is 0 Å². The van der Waals surface area contributed by atoms with Gasteiger partial charge in [-0.05, 0) is 60.5 Å². The summed E-state index contributed by atoms with van der Waals surface area (Å²) in [5.74, 6) is 0. The number of hydrogen-bond acceptors (Lipinski definition) is 1. The molecule has 0 aliphatic rings. The summed E-state index contributed by atoms with van der Waals surface area (Å²) in [6.07, 6.45) is 0.904. The first-order valence-electron chi connectivity index (χ1n) is 5.45. The molecule has 0 atom stereocenters. The summed E-state index contributed by atoms with van der Waals surface area (Å²) in [5.41, 5.74) is 5.06. The number of aldehydes is 1. The smallest absolute Gasteiger partial charge is 0.151 e. The van der Waals surface area contributed by atoms with E-state index in [2.05, 4.69) is 45.6 Å². The highest BCUT2D eigenvalue weighted by Gasteiger charge is 2.12. The third kappa shape index (κ3) is 2.07. The fourth-order valence-corrected chi connectivity index (χ4v) is 2.74. The maximum absolute atomic E-state index is 10.9. The van der Waals surface area contributed by atoms with Crippen LogP contribution in [-0.2, 0) is 0 Å². The minimum absolute atomic E-state index is 0.745. The van der Waals surface area contributed by atoms with Gasteiger partial charge in [-0.1, -0.05) is 6.07 Å². The largest absolute Gasteiger partial charge is 0.317 e. The molecule has 0 amide bonds. The number of aromatic nitrogens is 1. The zero-order valence-electron chi connectivity index (χ0n) is 10.1. The molecule has 2 rings (SSSR count). The van der Waals surface area contributed by atoms with Crippen LogP contribution in [0, 0.1) is 20.8 Å². The van der Waals surface area contributed by atoms with E-state index in [9.17, 15) is 4.79 Å². The van der Waals surface area contributed by atoms with E-state index in [4.69, 9.17) is 0 Å². The maximum atomic E-state index is 10.9. The normalized spacial score (nSPS) is 10.6. The molecule has 0 unspecified atom stereocenters. The Balaban J connectivity index is 2.68. The fraction of sp³-hybridized carbons (Fsp3) is 0.214. The Labute approximate surface area is 109 Å². The quantitative estimate of drug-likeness (QED) is 0.767. The summed E-state index contributed by atoms with van der Waals surface area (Å²) < 4.78 is 3.13. The van der Waals surface area contributed by atoms with Gasteiger partial charge in [0.25, 0.3) is 0 Å². The fourth-order valence-electron chi connectivity index (χ4n) is 2.07. The molecular formula is C14H14BrNO. The Morgan fingerprint density at radius 3 is 2.41 bits per heavy atom. The van der Waals surface area contributed by atoms with Gasteiger partial charge in [0.05, 0.1) is 5.69 Å². The minimum Gasteiger partial charge on any atom is -0.317 e. The van der Waals surface area contributed by atoms with Gasteiger partial charge >= 0.3 is 0 Å². The third-order valence-corrected chi connectivity index (χ3v) is 3.58. The van der Waals surface area contributed by atoms with Gasteiger partial charge in [-0.3, -0.25) is 4.79 Å². The molecule has 0 bridgehead atoms. The number of nitrogens with zero attached hydrogens (tertiary/aromatic N) is 1. The lowest BCUT2D eigenvalue weighted by Gasteiger charge is -2.12. The van der Waals surface area contributed by atoms with Gasteiger partial charge in [-0.15, -0.1) is 0 Å². The molecule has 0 aliphatic carbocycles. The Bertz CT molecular complexity index is 584. The number of hydrogen-bond donors (Lipinski definition) is 0. The first-order valence-corrected chi connectivity index (χ1v) is 6.24. The van der Waals surface area contributed by atoms with E-state index in [1.807, 2.05) is 19.9 Å². The van der Waals surface area contributed by atoms with Crippen molar-refractivity contribution in [2.45, 2.75) is 20.8 Å². The highest BCUT2D eigenvalue weighted by atomic mass is 79.9. The first-order chi connectivity index (χ1) is 8.04. The number of halogens is 1. The lowest BCUT2D eigenvalue weighted by molar-refractivity contribution is 0.112. The molecule has 0 radical (unpaired) electrons. The second kappa shape index (κ2) is 4.49. The van der Waals surface area contributed by atoms with E-state index in [1.165, 1.54) is 5.56 Å². The summed E-state index contributed by atoms with van der Waals surface area (Å²) in [6.45, 7) is 6.02. The number of benzene rings is 1. The molecule has 0 spiro atoms. The SMILES string of the molecule is Cc1ccc(-n2c(C)cc(C=O)c2C)c(Br)c1. The van der Waals surface area contributed by atoms with Crippen molar-refractivity contribution in [3.8, 4) is 5.69 Å². The molecule has 0 N–H and O–H groups in total. The van der Waals surface area contributed by atoms with Crippen LogP contribution < -0.4 is 0 Å². The molecule has 17 heavy (non-hydrogen) atoms. The van der Waals surface area contributed by atoms with Crippen molar-refractivity contribution < 1.29 is 4.79 Å². The summed E-state index contributed by atoms with van der Waals surface area (Å²) in [5, 5.41) is 0. The van der Waals surface area contributed by atoms with Gasteiger partial charge in [0.2, 0.25) is 0 Å². The Kier molecular flexibility index (Phi) is 3.20. The summed E-state index contributed by atoms with van der Waals surface area (Å²) in [6, 6.07) is 8.12. The van der Waals surface area contributed by atoms with Crippen LogP contribution in [0.4, 0.5) is 0 Å². The van der Waals surface area contributed by atoms with E-state index in [1.54, 1.807) is 0 Å². The molecule has 0 saturated carbocycles. The van der Waals surface area contributed by atoms with Gasteiger partial charge in [0.15, 0.2) is 6.29 Å². The molecule has 1 aromatic heterocycles. The average Bonchev–Trinajstić information content (AvgIpc) is 2.55. The first kappa shape index (κ1) is 12.1. The van der Waals surface area contributed by atoms with Crippen LogP contribution in [0.5, 0.6) is 0 Å². The molecule has 0 aliphatic heterocycles. The second-order valence-electron chi connectivity index (χ2n) is 4.23. The molecule has 1 aromatic carbocycles. The molecule has 0 saturated heterocycles. The second-order valence-corrected chi connectivity index (χ2v) is 5.09. The van der Waals surface area contributed by atoms with E-state index in [-0.39, 0.29) is 0 Å². The molecule has 3 heteroatoms. The summed E-state index contributed by atoms with van der Waals surface area (Å²) >= 11 is 3.57. The molecule has 2 aromatic rings. The zero-order chi connectivity index (χ0) is 12.6. The maximum Gasteiger partial charge on any atom is 0.151 e. The van der Waals surface area contributed by atoms with Crippen LogP contribution in [-0.4, -0.2) is 10.9 Å². The van der Waals surface area contributed by atoms with Crippen molar-refractivity contribution in [2.75, 3.05) is 0 Å². The van der Waals surface area contributed by atoms with Crippen molar-refractivity contribution in [1.82, 2.24) is 4.57 Å². The Hall–Kier alpha value is -1.35. The van der Waals surface area contributed by atoms with Crippen molar-refractivity contribution in [3.63, 3.8) is 0 Å². The number of aryl methyl sites for hydroxylation is 2. The zero-order valence-corrected chi connectivity index (χ0v) is 11.7. The van der Waals surface area contributed by atoms with Crippen LogP contribution >= 0.6 is 15.9 Å². The van der Waals surface area contributed by atoms with Crippen molar-refractivity contribution >= 4 is 22.2 Å². The monoisotopic (exact) mass is 291 g/mol. The number of carbonyl (C=O) groups excluding carboxylic acids is 1. The van der Waals surface area contributed by atoms with Crippen molar-refractivity contribution in [1.29, 1.82) is 0 Å². The lowest BCUT2D eigenvalue weighted by atomic mass is 10.2. The molecule has 88 valence electrons. The average molecular weight is 292 g/mol. The third-order valence-electron chi connectivity index (χ3n) is 2.94. The van der Waals surface area contributed by atoms with Gasteiger partial charge in [0.1, 0.15) is 0 Å². The van der Waals surface area contributed by atoms with Crippen LogP contribution in [0.15, 0.2) is 28.7 Å². The van der Waals surface area contributed by atoms with E-state index in [0.717, 1.165) is 33.4 Å². The topological polar surface area (TPSA) is 22.0 Å². The van der Waals surface area contributed by atoms with Gasteiger partial charge in [-0.25, -0.2) is 0 Å².